The summed E-state index contributed by atoms with van der Waals surface area (Å²) in [6.45, 7) is -2.07. The van der Waals surface area contributed by atoms with Crippen LogP contribution in [0.25, 0.3) is 0 Å². The molecule has 0 bridgehead atoms. The second-order valence-electron chi connectivity index (χ2n) is 4.04. The van der Waals surface area contributed by atoms with E-state index in [1.165, 1.54) is 4.90 Å². The molecule has 0 spiro atoms. The molecule has 3 nitrogen and oxygen atoms in total. The van der Waals surface area contributed by atoms with E-state index in [-0.39, 0.29) is 63.3 Å². The van der Waals surface area contributed by atoms with E-state index in [9.17, 15) is 17.7 Å². The van der Waals surface area contributed by atoms with Gasteiger partial charge in [-0.2, -0.15) is 0 Å². The molecule has 8 heteroatoms. The molecule has 0 aliphatic carbocycles. The van der Waals surface area contributed by atoms with Gasteiger partial charge in [-0.15, -0.1) is 0 Å². The summed E-state index contributed by atoms with van der Waals surface area (Å²) in [7, 11) is 0. The van der Waals surface area contributed by atoms with Crippen LogP contribution in [0.2, 0.25) is 0 Å². The topological polar surface area (TPSA) is 29.5 Å². The van der Waals surface area contributed by atoms with Crippen molar-refractivity contribution < 1.29 is 73.9 Å². The Kier molecular flexibility index (Phi) is 8.61. The van der Waals surface area contributed by atoms with E-state index in [1.54, 1.807) is 6.92 Å². The van der Waals surface area contributed by atoms with Gasteiger partial charge in [0.25, 0.3) is 0 Å². The van der Waals surface area contributed by atoms with Crippen molar-refractivity contribution in [3.05, 3.63) is 0 Å². The SMILES string of the molecule is CCOC(=O)C1CCN(C[B-](F)(F)F)CC1.[K+]. The zero-order valence-electron chi connectivity index (χ0n) is 10.3. The minimum Gasteiger partial charge on any atom is -0.466 e. The first kappa shape index (κ1) is 17.9. The van der Waals surface area contributed by atoms with E-state index >= 15 is 0 Å². The molecule has 1 fully saturated rings. The Balaban J connectivity index is 0.00000256. The average Bonchev–Trinajstić information content (AvgIpc) is 2.16. The van der Waals surface area contributed by atoms with E-state index in [1.807, 2.05) is 0 Å². The van der Waals surface area contributed by atoms with Gasteiger partial charge in [-0.1, -0.05) is 0 Å². The van der Waals surface area contributed by atoms with Crippen LogP contribution in [0.3, 0.4) is 0 Å². The van der Waals surface area contributed by atoms with Crippen LogP contribution < -0.4 is 51.4 Å². The van der Waals surface area contributed by atoms with E-state index < -0.39 is 13.4 Å². The summed E-state index contributed by atoms with van der Waals surface area (Å²) >= 11 is 0. The summed E-state index contributed by atoms with van der Waals surface area (Å²) in [5.74, 6) is -0.503. The molecule has 0 saturated carbocycles. The van der Waals surface area contributed by atoms with E-state index in [2.05, 4.69) is 0 Å². The van der Waals surface area contributed by atoms with Gasteiger partial charge < -0.3 is 22.6 Å². The third-order valence-electron chi connectivity index (χ3n) is 2.67. The van der Waals surface area contributed by atoms with Gasteiger partial charge in [0, 0.05) is 0 Å². The number of piperidine rings is 1. The van der Waals surface area contributed by atoms with E-state index in [0.29, 0.717) is 32.5 Å². The third kappa shape index (κ3) is 7.17. The number of hydrogen-bond donors (Lipinski definition) is 0. The predicted octanol–water partition coefficient (Wildman–Crippen LogP) is -1.35. The Morgan fingerprint density at radius 3 is 2.29 bits per heavy atom. The summed E-state index contributed by atoms with van der Waals surface area (Å²) in [5, 5.41) is 0. The second-order valence-corrected chi connectivity index (χ2v) is 4.04. The zero-order valence-corrected chi connectivity index (χ0v) is 13.4. The van der Waals surface area contributed by atoms with Crippen LogP contribution in [0.5, 0.6) is 0 Å². The first-order valence-corrected chi connectivity index (χ1v) is 5.52. The van der Waals surface area contributed by atoms with Gasteiger partial charge in [0.15, 0.2) is 0 Å². The molecule has 0 atom stereocenters. The molecule has 0 aromatic heterocycles. The Morgan fingerprint density at radius 2 is 1.88 bits per heavy atom. The molecule has 17 heavy (non-hydrogen) atoms. The molecule has 0 amide bonds. The fraction of sp³-hybridized carbons (Fsp3) is 0.889. The Labute approximate surface area is 142 Å². The van der Waals surface area contributed by atoms with Crippen LogP contribution in [0.1, 0.15) is 19.8 Å². The number of nitrogens with zero attached hydrogens (tertiary/aromatic N) is 1. The number of carbonyl (C=O) groups excluding carboxylic acids is 1. The van der Waals surface area contributed by atoms with Crippen LogP contribution in [0, 0.1) is 5.92 Å². The Morgan fingerprint density at radius 1 is 1.35 bits per heavy atom. The molecule has 1 heterocycles. The van der Waals surface area contributed by atoms with Gasteiger partial charge in [-0.05, 0) is 39.3 Å². The van der Waals surface area contributed by atoms with Gasteiger partial charge in [-0.25, -0.2) is 0 Å². The van der Waals surface area contributed by atoms with Crippen molar-refractivity contribution in [3.8, 4) is 0 Å². The quantitative estimate of drug-likeness (QED) is 0.470. The molecule has 1 saturated heterocycles. The largest absolute Gasteiger partial charge is 1.00 e. The van der Waals surface area contributed by atoms with Crippen molar-refractivity contribution >= 4 is 12.9 Å². The van der Waals surface area contributed by atoms with Crippen molar-refractivity contribution in [1.82, 2.24) is 4.90 Å². The molecular weight excluding hydrogens is 261 g/mol. The van der Waals surface area contributed by atoms with Crippen molar-refractivity contribution in [2.24, 2.45) is 5.92 Å². The smallest absolute Gasteiger partial charge is 0.466 e. The second kappa shape index (κ2) is 8.16. The molecule has 0 N–H and O–H groups in total. The normalized spacial score (nSPS) is 18.6. The first-order valence-electron chi connectivity index (χ1n) is 5.52. The van der Waals surface area contributed by atoms with Crippen LogP contribution in [-0.2, 0) is 9.53 Å². The summed E-state index contributed by atoms with van der Waals surface area (Å²) in [6.07, 6.45) is 0.103. The zero-order chi connectivity index (χ0) is 12.2. The molecule has 1 aliphatic heterocycles. The molecule has 0 aromatic rings. The number of likely N-dealkylation sites (tertiary alicyclic amines) is 1. The Bertz CT molecular complexity index is 245. The maximum atomic E-state index is 12.1. The van der Waals surface area contributed by atoms with Crippen molar-refractivity contribution in [3.63, 3.8) is 0 Å². The molecule has 0 aromatic carbocycles. The summed E-state index contributed by atoms with van der Waals surface area (Å²) < 4.78 is 41.3. The summed E-state index contributed by atoms with van der Waals surface area (Å²) in [4.78, 5) is 12.7. The molecule has 0 radical (unpaired) electrons. The molecular formula is C9H16BF3KNO2. The number of rotatable bonds is 4. The van der Waals surface area contributed by atoms with Gasteiger partial charge in [-0.3, -0.25) is 4.79 Å². The molecule has 0 unspecified atom stereocenters. The van der Waals surface area contributed by atoms with Crippen molar-refractivity contribution in [2.45, 2.75) is 19.8 Å². The molecule has 94 valence electrons. The van der Waals surface area contributed by atoms with Crippen LogP contribution in [0.15, 0.2) is 0 Å². The average molecular weight is 277 g/mol. The standard InChI is InChI=1S/C9H16BF3NO2.K/c1-2-16-9(15)8-3-5-14(6-4-8)7-10(11,12)13;/h8H,2-7H2,1H3;/q-1;+1. The fourth-order valence-corrected chi connectivity index (χ4v) is 1.90. The number of carbonyl (C=O) groups is 1. The summed E-state index contributed by atoms with van der Waals surface area (Å²) in [5.41, 5.74) is 0. The molecule has 1 rings (SSSR count). The van der Waals surface area contributed by atoms with E-state index in [4.69, 9.17) is 4.74 Å². The predicted molar refractivity (Wildman–Crippen MR) is 54.9 cm³/mol. The third-order valence-corrected chi connectivity index (χ3v) is 2.67. The van der Waals surface area contributed by atoms with Crippen molar-refractivity contribution in [2.75, 3.05) is 26.1 Å². The summed E-state index contributed by atoms with van der Waals surface area (Å²) in [6, 6.07) is 0. The monoisotopic (exact) mass is 277 g/mol. The van der Waals surface area contributed by atoms with Gasteiger partial charge in [0.1, 0.15) is 0 Å². The van der Waals surface area contributed by atoms with Crippen molar-refractivity contribution in [1.29, 1.82) is 0 Å². The Hall–Kier alpha value is 0.921. The number of halogens is 3. The van der Waals surface area contributed by atoms with Crippen LogP contribution in [-0.4, -0.2) is 44.0 Å². The number of ether oxygens (including phenoxy) is 1. The first-order chi connectivity index (χ1) is 7.42. The maximum absolute atomic E-state index is 12.1. The number of esters is 1. The van der Waals surface area contributed by atoms with Gasteiger partial charge in [0.2, 0.25) is 0 Å². The van der Waals surface area contributed by atoms with Gasteiger partial charge >= 0.3 is 64.3 Å². The van der Waals surface area contributed by atoms with Gasteiger partial charge in [0.05, 0.1) is 12.5 Å². The maximum Gasteiger partial charge on any atom is 1.00 e. The van der Waals surface area contributed by atoms with Crippen LogP contribution >= 0.6 is 0 Å². The van der Waals surface area contributed by atoms with E-state index in [0.717, 1.165) is 0 Å². The van der Waals surface area contributed by atoms with Crippen LogP contribution in [0.4, 0.5) is 12.9 Å². The molecule has 1 aliphatic rings. The fourth-order valence-electron chi connectivity index (χ4n) is 1.90. The minimum absolute atomic E-state index is 0. The minimum atomic E-state index is -4.76. The number of hydrogen-bond acceptors (Lipinski definition) is 3.